The van der Waals surface area contributed by atoms with Gasteiger partial charge in [-0.3, -0.25) is 4.79 Å². The third kappa shape index (κ3) is 2.35. The predicted molar refractivity (Wildman–Crippen MR) is 75.4 cm³/mol. The average Bonchev–Trinajstić information content (AvgIpc) is 2.94. The molecule has 1 aliphatic rings. The Morgan fingerprint density at radius 2 is 2.11 bits per heavy atom. The Balaban J connectivity index is 1.72. The Hall–Kier alpha value is -1.13. The number of ether oxygens (including phenoxy) is 1. The minimum Gasteiger partial charge on any atom is -0.488 e. The number of fused-ring (bicyclic) bond motifs is 1. The number of benzene rings is 1. The molecule has 1 aromatic heterocycles. The second kappa shape index (κ2) is 4.86. The molecule has 1 aliphatic carbocycles. The standard InChI is InChI=1S/C14H11BrO2S/c15-14-6-3-11(18-14)8-17-10-2-4-12-9(7-10)1-5-13(12)16/h2-4,6-7H,1,5,8H2. The van der Waals surface area contributed by atoms with Gasteiger partial charge < -0.3 is 4.74 Å². The molecule has 0 radical (unpaired) electrons. The van der Waals surface area contributed by atoms with Gasteiger partial charge in [0, 0.05) is 16.9 Å². The van der Waals surface area contributed by atoms with E-state index in [4.69, 9.17) is 4.74 Å². The van der Waals surface area contributed by atoms with Crippen LogP contribution in [0.2, 0.25) is 0 Å². The van der Waals surface area contributed by atoms with Crippen LogP contribution in [0, 0.1) is 0 Å². The number of halogens is 1. The van der Waals surface area contributed by atoms with E-state index in [9.17, 15) is 4.79 Å². The molecule has 0 spiro atoms. The summed E-state index contributed by atoms with van der Waals surface area (Å²) in [5.74, 6) is 1.09. The number of hydrogen-bond acceptors (Lipinski definition) is 3. The Labute approximate surface area is 118 Å². The number of hydrogen-bond donors (Lipinski definition) is 0. The van der Waals surface area contributed by atoms with Crippen LogP contribution in [0.5, 0.6) is 5.75 Å². The fraction of sp³-hybridized carbons (Fsp3) is 0.214. The van der Waals surface area contributed by atoms with Crippen molar-refractivity contribution in [2.75, 3.05) is 0 Å². The zero-order valence-corrected chi connectivity index (χ0v) is 12.0. The normalized spacial score (nSPS) is 13.7. The molecule has 4 heteroatoms. The fourth-order valence-electron chi connectivity index (χ4n) is 2.11. The molecule has 3 rings (SSSR count). The molecular formula is C14H11BrO2S. The highest BCUT2D eigenvalue weighted by atomic mass is 79.9. The molecule has 0 N–H and O–H groups in total. The molecule has 0 atom stereocenters. The maximum absolute atomic E-state index is 11.5. The van der Waals surface area contributed by atoms with Crippen LogP contribution >= 0.6 is 27.3 Å². The first-order valence-corrected chi connectivity index (χ1v) is 7.36. The number of aryl methyl sites for hydroxylation is 1. The summed E-state index contributed by atoms with van der Waals surface area (Å²) in [5.41, 5.74) is 1.98. The summed E-state index contributed by atoms with van der Waals surface area (Å²) >= 11 is 5.10. The predicted octanol–water partition coefficient (Wildman–Crippen LogP) is 4.22. The summed E-state index contributed by atoms with van der Waals surface area (Å²) in [7, 11) is 0. The molecular weight excluding hydrogens is 312 g/mol. The van der Waals surface area contributed by atoms with Gasteiger partial charge in [0.15, 0.2) is 5.78 Å². The van der Waals surface area contributed by atoms with Gasteiger partial charge in [0.25, 0.3) is 0 Å². The molecule has 0 unspecified atom stereocenters. The van der Waals surface area contributed by atoms with E-state index in [1.807, 2.05) is 30.3 Å². The Morgan fingerprint density at radius 3 is 2.89 bits per heavy atom. The van der Waals surface area contributed by atoms with Crippen LogP contribution in [0.1, 0.15) is 27.2 Å². The highest BCUT2D eigenvalue weighted by molar-refractivity contribution is 9.11. The van der Waals surface area contributed by atoms with E-state index in [1.165, 1.54) is 4.88 Å². The Morgan fingerprint density at radius 1 is 1.22 bits per heavy atom. The Bertz CT molecular complexity index is 604. The van der Waals surface area contributed by atoms with E-state index in [2.05, 4.69) is 15.9 Å². The van der Waals surface area contributed by atoms with Gasteiger partial charge in [0.2, 0.25) is 0 Å². The van der Waals surface area contributed by atoms with Crippen LogP contribution in [0.4, 0.5) is 0 Å². The summed E-state index contributed by atoms with van der Waals surface area (Å²) in [6.07, 6.45) is 1.48. The number of carbonyl (C=O) groups excluding carboxylic acids is 1. The van der Waals surface area contributed by atoms with Gasteiger partial charge in [-0.1, -0.05) is 0 Å². The minimum atomic E-state index is 0.249. The monoisotopic (exact) mass is 322 g/mol. The quantitative estimate of drug-likeness (QED) is 0.845. The largest absolute Gasteiger partial charge is 0.488 e. The van der Waals surface area contributed by atoms with Gasteiger partial charge in [-0.05, 0) is 58.2 Å². The number of Topliss-reactive ketones (excluding diaryl/α,β-unsaturated/α-hetero) is 1. The molecule has 0 bridgehead atoms. The van der Waals surface area contributed by atoms with Crippen LogP contribution in [0.25, 0.3) is 0 Å². The first-order chi connectivity index (χ1) is 8.72. The lowest BCUT2D eigenvalue weighted by Crippen LogP contribution is -1.95. The highest BCUT2D eigenvalue weighted by Gasteiger charge is 2.19. The third-order valence-electron chi connectivity index (χ3n) is 3.01. The van der Waals surface area contributed by atoms with E-state index in [1.54, 1.807) is 11.3 Å². The summed E-state index contributed by atoms with van der Waals surface area (Å²) in [6.45, 7) is 0.572. The van der Waals surface area contributed by atoms with Crippen LogP contribution in [0.15, 0.2) is 34.1 Å². The molecule has 2 aromatic rings. The molecule has 0 saturated heterocycles. The van der Waals surface area contributed by atoms with Gasteiger partial charge >= 0.3 is 0 Å². The van der Waals surface area contributed by atoms with Gasteiger partial charge in [0.1, 0.15) is 12.4 Å². The Kier molecular flexibility index (Phi) is 3.22. The summed E-state index contributed by atoms with van der Waals surface area (Å²) < 4.78 is 6.86. The lowest BCUT2D eigenvalue weighted by atomic mass is 10.1. The summed E-state index contributed by atoms with van der Waals surface area (Å²) in [4.78, 5) is 12.7. The van der Waals surface area contributed by atoms with Crippen molar-refractivity contribution in [1.82, 2.24) is 0 Å². The lowest BCUT2D eigenvalue weighted by molar-refractivity contribution is 0.0994. The maximum Gasteiger partial charge on any atom is 0.163 e. The molecule has 0 fully saturated rings. The second-order valence-corrected chi connectivity index (χ2v) is 6.78. The van der Waals surface area contributed by atoms with Crippen LogP contribution in [0.3, 0.4) is 0 Å². The van der Waals surface area contributed by atoms with E-state index in [0.29, 0.717) is 13.0 Å². The van der Waals surface area contributed by atoms with Crippen molar-refractivity contribution < 1.29 is 9.53 Å². The molecule has 0 amide bonds. The van der Waals surface area contributed by atoms with Gasteiger partial charge in [-0.15, -0.1) is 11.3 Å². The van der Waals surface area contributed by atoms with Crippen molar-refractivity contribution in [3.05, 3.63) is 50.1 Å². The van der Waals surface area contributed by atoms with E-state index < -0.39 is 0 Å². The fourth-order valence-corrected chi connectivity index (χ4v) is 3.50. The van der Waals surface area contributed by atoms with Crippen LogP contribution in [-0.4, -0.2) is 5.78 Å². The second-order valence-electron chi connectivity index (χ2n) is 4.24. The summed E-state index contributed by atoms with van der Waals surface area (Å²) in [6, 6.07) is 9.81. The van der Waals surface area contributed by atoms with Crippen molar-refractivity contribution in [1.29, 1.82) is 0 Å². The number of ketones is 1. The summed E-state index contributed by atoms with van der Waals surface area (Å²) in [5, 5.41) is 0. The van der Waals surface area contributed by atoms with Crippen molar-refractivity contribution in [3.63, 3.8) is 0 Å². The smallest absolute Gasteiger partial charge is 0.163 e. The van der Waals surface area contributed by atoms with E-state index >= 15 is 0 Å². The first-order valence-electron chi connectivity index (χ1n) is 5.75. The van der Waals surface area contributed by atoms with Gasteiger partial charge in [-0.2, -0.15) is 0 Å². The van der Waals surface area contributed by atoms with Crippen molar-refractivity contribution in [2.45, 2.75) is 19.4 Å². The number of rotatable bonds is 3. The maximum atomic E-state index is 11.5. The van der Waals surface area contributed by atoms with Crippen molar-refractivity contribution in [3.8, 4) is 5.75 Å². The lowest BCUT2D eigenvalue weighted by Gasteiger charge is -2.06. The minimum absolute atomic E-state index is 0.249. The van der Waals surface area contributed by atoms with Crippen LogP contribution in [-0.2, 0) is 13.0 Å². The first kappa shape index (κ1) is 11.9. The SMILES string of the molecule is O=C1CCc2cc(OCc3ccc(Br)s3)ccc21. The zero-order chi connectivity index (χ0) is 12.5. The van der Waals surface area contributed by atoms with Crippen molar-refractivity contribution >= 4 is 33.0 Å². The molecule has 0 aliphatic heterocycles. The van der Waals surface area contributed by atoms with Crippen LogP contribution < -0.4 is 4.74 Å². The van der Waals surface area contributed by atoms with Gasteiger partial charge in [-0.25, -0.2) is 0 Å². The van der Waals surface area contributed by atoms with E-state index in [0.717, 1.165) is 27.1 Å². The number of carbonyl (C=O) groups is 1. The topological polar surface area (TPSA) is 26.3 Å². The van der Waals surface area contributed by atoms with Crippen molar-refractivity contribution in [2.24, 2.45) is 0 Å². The van der Waals surface area contributed by atoms with Gasteiger partial charge in [0.05, 0.1) is 3.79 Å². The van der Waals surface area contributed by atoms with E-state index in [-0.39, 0.29) is 5.78 Å². The third-order valence-corrected chi connectivity index (χ3v) is 4.61. The average molecular weight is 323 g/mol. The molecule has 0 saturated carbocycles. The highest BCUT2D eigenvalue weighted by Crippen LogP contribution is 2.27. The molecule has 1 aromatic carbocycles. The molecule has 92 valence electrons. The number of thiophene rings is 1. The zero-order valence-electron chi connectivity index (χ0n) is 9.61. The molecule has 18 heavy (non-hydrogen) atoms. The molecule has 2 nitrogen and oxygen atoms in total. The molecule has 1 heterocycles.